The summed E-state index contributed by atoms with van der Waals surface area (Å²) in [6, 6.07) is 0.479. The second-order valence-corrected chi connectivity index (χ2v) is 5.45. The molecule has 0 bridgehead atoms. The Kier molecular flexibility index (Phi) is 6.18. The van der Waals surface area contributed by atoms with Crippen molar-refractivity contribution in [3.8, 4) is 0 Å². The van der Waals surface area contributed by atoms with Crippen molar-refractivity contribution in [2.45, 2.75) is 57.9 Å². The molecule has 1 rings (SSSR count). The minimum atomic E-state index is 0.296. The molecule has 0 aromatic rings. The van der Waals surface area contributed by atoms with Gasteiger partial charge in [0.2, 0.25) is 5.91 Å². The predicted octanol–water partition coefficient (Wildman–Crippen LogP) is 3.43. The molecule has 3 heteroatoms. The molecule has 1 amide bonds. The van der Waals surface area contributed by atoms with Crippen molar-refractivity contribution in [3.63, 3.8) is 0 Å². The number of halogens is 1. The van der Waals surface area contributed by atoms with E-state index in [4.69, 9.17) is 11.6 Å². The van der Waals surface area contributed by atoms with Gasteiger partial charge in [-0.15, -0.1) is 11.6 Å². The Morgan fingerprint density at radius 1 is 1.38 bits per heavy atom. The van der Waals surface area contributed by atoms with E-state index in [9.17, 15) is 4.79 Å². The van der Waals surface area contributed by atoms with Crippen LogP contribution in [0.3, 0.4) is 0 Å². The third kappa shape index (κ3) is 4.32. The van der Waals surface area contributed by atoms with Gasteiger partial charge in [-0.05, 0) is 31.6 Å². The molecule has 16 heavy (non-hydrogen) atoms. The number of hydrogen-bond donors (Lipinski definition) is 0. The minimum Gasteiger partial charge on any atom is -0.343 e. The summed E-state index contributed by atoms with van der Waals surface area (Å²) >= 11 is 5.61. The lowest BCUT2D eigenvalue weighted by atomic mass is 9.86. The third-order valence-corrected chi connectivity index (χ3v) is 3.89. The standard InChI is InChI=1S/C13H24ClNO/c1-11-6-5-7-12(10-11)15(2)13(16)8-3-4-9-14/h11-12H,3-10H2,1-2H3. The molecule has 2 unspecified atom stereocenters. The van der Waals surface area contributed by atoms with Crippen molar-refractivity contribution in [2.75, 3.05) is 12.9 Å². The van der Waals surface area contributed by atoms with Crippen LogP contribution in [0.25, 0.3) is 0 Å². The number of hydrogen-bond acceptors (Lipinski definition) is 1. The first-order valence-electron chi connectivity index (χ1n) is 6.46. The summed E-state index contributed by atoms with van der Waals surface area (Å²) < 4.78 is 0. The molecule has 2 atom stereocenters. The Morgan fingerprint density at radius 2 is 2.12 bits per heavy atom. The van der Waals surface area contributed by atoms with Crippen molar-refractivity contribution < 1.29 is 4.79 Å². The van der Waals surface area contributed by atoms with Crippen LogP contribution in [0.5, 0.6) is 0 Å². The smallest absolute Gasteiger partial charge is 0.222 e. The highest BCUT2D eigenvalue weighted by atomic mass is 35.5. The largest absolute Gasteiger partial charge is 0.343 e. The van der Waals surface area contributed by atoms with Crippen molar-refractivity contribution >= 4 is 17.5 Å². The molecule has 0 aliphatic heterocycles. The van der Waals surface area contributed by atoms with Gasteiger partial charge >= 0.3 is 0 Å². The first kappa shape index (κ1) is 13.8. The summed E-state index contributed by atoms with van der Waals surface area (Å²) in [7, 11) is 1.96. The molecule has 2 nitrogen and oxygen atoms in total. The fourth-order valence-electron chi connectivity index (χ4n) is 2.50. The topological polar surface area (TPSA) is 20.3 Å². The van der Waals surface area contributed by atoms with Crippen LogP contribution in [-0.2, 0) is 4.79 Å². The van der Waals surface area contributed by atoms with Crippen LogP contribution in [0.4, 0.5) is 0 Å². The lowest BCUT2D eigenvalue weighted by Gasteiger charge is -2.34. The van der Waals surface area contributed by atoms with Gasteiger partial charge in [-0.3, -0.25) is 4.79 Å². The van der Waals surface area contributed by atoms with Crippen LogP contribution in [0.2, 0.25) is 0 Å². The number of unbranched alkanes of at least 4 members (excludes halogenated alkanes) is 1. The first-order chi connectivity index (χ1) is 7.65. The molecule has 1 aliphatic rings. The molecular formula is C13H24ClNO. The molecule has 0 aromatic carbocycles. The Hall–Kier alpha value is -0.240. The highest BCUT2D eigenvalue weighted by Crippen LogP contribution is 2.27. The quantitative estimate of drug-likeness (QED) is 0.537. The van der Waals surface area contributed by atoms with E-state index in [-0.39, 0.29) is 0 Å². The van der Waals surface area contributed by atoms with E-state index in [1.54, 1.807) is 0 Å². The van der Waals surface area contributed by atoms with Gasteiger partial charge in [-0.25, -0.2) is 0 Å². The molecule has 0 radical (unpaired) electrons. The van der Waals surface area contributed by atoms with E-state index in [0.717, 1.165) is 18.8 Å². The number of carbonyl (C=O) groups excluding carboxylic acids is 1. The lowest BCUT2D eigenvalue weighted by Crippen LogP contribution is -2.39. The number of alkyl halides is 1. The summed E-state index contributed by atoms with van der Waals surface area (Å²) in [5, 5.41) is 0. The van der Waals surface area contributed by atoms with Crippen LogP contribution in [-0.4, -0.2) is 29.8 Å². The Morgan fingerprint density at radius 3 is 2.75 bits per heavy atom. The van der Waals surface area contributed by atoms with E-state index >= 15 is 0 Å². The van der Waals surface area contributed by atoms with Crippen molar-refractivity contribution in [3.05, 3.63) is 0 Å². The average Bonchev–Trinajstić information content (AvgIpc) is 2.28. The van der Waals surface area contributed by atoms with Crippen molar-refractivity contribution in [2.24, 2.45) is 5.92 Å². The first-order valence-corrected chi connectivity index (χ1v) is 7.00. The van der Waals surface area contributed by atoms with Crippen LogP contribution in [0.1, 0.15) is 51.9 Å². The van der Waals surface area contributed by atoms with Crippen molar-refractivity contribution in [1.82, 2.24) is 4.90 Å². The fourth-order valence-corrected chi connectivity index (χ4v) is 2.69. The molecule has 0 aromatic heterocycles. The molecule has 0 spiro atoms. The number of rotatable bonds is 5. The third-order valence-electron chi connectivity index (χ3n) is 3.62. The van der Waals surface area contributed by atoms with Gasteiger partial charge in [0.25, 0.3) is 0 Å². The molecule has 1 fully saturated rings. The summed E-state index contributed by atoms with van der Waals surface area (Å²) in [6.45, 7) is 2.29. The fraction of sp³-hybridized carbons (Fsp3) is 0.923. The zero-order valence-electron chi connectivity index (χ0n) is 10.5. The molecular weight excluding hydrogens is 222 g/mol. The Balaban J connectivity index is 2.31. The van der Waals surface area contributed by atoms with Gasteiger partial charge in [0.15, 0.2) is 0 Å². The SMILES string of the molecule is CC1CCCC(N(C)C(=O)CCCCCl)C1. The maximum Gasteiger partial charge on any atom is 0.222 e. The molecule has 94 valence electrons. The normalized spacial score (nSPS) is 25.4. The van der Waals surface area contributed by atoms with E-state index in [1.807, 2.05) is 11.9 Å². The predicted molar refractivity (Wildman–Crippen MR) is 68.8 cm³/mol. The van der Waals surface area contributed by atoms with E-state index in [0.29, 0.717) is 24.2 Å². The van der Waals surface area contributed by atoms with Crippen LogP contribution in [0.15, 0.2) is 0 Å². The second-order valence-electron chi connectivity index (χ2n) is 5.08. The van der Waals surface area contributed by atoms with Gasteiger partial charge in [0.05, 0.1) is 0 Å². The van der Waals surface area contributed by atoms with Gasteiger partial charge in [0, 0.05) is 25.4 Å². The summed E-state index contributed by atoms with van der Waals surface area (Å²) in [5.41, 5.74) is 0. The second kappa shape index (κ2) is 7.16. The zero-order valence-corrected chi connectivity index (χ0v) is 11.3. The monoisotopic (exact) mass is 245 g/mol. The zero-order chi connectivity index (χ0) is 12.0. The highest BCUT2D eigenvalue weighted by Gasteiger charge is 2.24. The van der Waals surface area contributed by atoms with E-state index < -0.39 is 0 Å². The van der Waals surface area contributed by atoms with Crippen LogP contribution < -0.4 is 0 Å². The van der Waals surface area contributed by atoms with Gasteiger partial charge < -0.3 is 4.90 Å². The van der Waals surface area contributed by atoms with Crippen LogP contribution >= 0.6 is 11.6 Å². The number of carbonyl (C=O) groups is 1. The molecule has 1 aliphatic carbocycles. The molecule has 1 saturated carbocycles. The van der Waals surface area contributed by atoms with Gasteiger partial charge in [0.1, 0.15) is 0 Å². The molecule has 0 saturated heterocycles. The molecule has 0 N–H and O–H groups in total. The van der Waals surface area contributed by atoms with Gasteiger partial charge in [-0.2, -0.15) is 0 Å². The van der Waals surface area contributed by atoms with E-state index in [2.05, 4.69) is 6.92 Å². The Bertz CT molecular complexity index is 220. The lowest BCUT2D eigenvalue weighted by molar-refractivity contribution is -0.132. The summed E-state index contributed by atoms with van der Waals surface area (Å²) in [6.07, 6.45) is 7.49. The van der Waals surface area contributed by atoms with E-state index in [1.165, 1.54) is 25.7 Å². The van der Waals surface area contributed by atoms with Gasteiger partial charge in [-0.1, -0.05) is 19.8 Å². The van der Waals surface area contributed by atoms with Crippen molar-refractivity contribution in [1.29, 1.82) is 0 Å². The number of nitrogens with zero attached hydrogens (tertiary/aromatic N) is 1. The minimum absolute atomic E-state index is 0.296. The Labute approximate surface area is 104 Å². The summed E-state index contributed by atoms with van der Waals surface area (Å²) in [4.78, 5) is 13.9. The highest BCUT2D eigenvalue weighted by molar-refractivity contribution is 6.17. The van der Waals surface area contributed by atoms with Crippen LogP contribution in [0, 0.1) is 5.92 Å². The number of amides is 1. The molecule has 0 heterocycles. The summed E-state index contributed by atoms with van der Waals surface area (Å²) in [5.74, 6) is 1.73. The maximum absolute atomic E-state index is 11.9. The maximum atomic E-state index is 11.9. The average molecular weight is 246 g/mol.